The molecule has 1 aromatic heterocycles. The van der Waals surface area contributed by atoms with Crippen molar-refractivity contribution in [2.75, 3.05) is 31.3 Å². The topological polar surface area (TPSA) is 71.6 Å². The van der Waals surface area contributed by atoms with Gasteiger partial charge >= 0.3 is 0 Å². The zero-order valence-corrected chi connectivity index (χ0v) is 10.1. The van der Waals surface area contributed by atoms with Crippen molar-refractivity contribution in [1.82, 2.24) is 4.98 Å². The van der Waals surface area contributed by atoms with Gasteiger partial charge in [-0.25, -0.2) is 4.98 Å². The minimum Gasteiger partial charge on any atom is -0.394 e. The molecule has 1 atom stereocenters. The van der Waals surface area contributed by atoms with Gasteiger partial charge in [0.05, 0.1) is 25.9 Å². The van der Waals surface area contributed by atoms with Crippen LogP contribution in [0.5, 0.6) is 0 Å². The van der Waals surface area contributed by atoms with E-state index in [1.54, 1.807) is 6.20 Å². The lowest BCUT2D eigenvalue weighted by Crippen LogP contribution is -2.48. The number of hydrogen-bond donors (Lipinski definition) is 2. The fraction of sp³-hybridized carbons (Fsp3) is 0.583. The van der Waals surface area contributed by atoms with E-state index >= 15 is 0 Å². The standard InChI is InChI=1S/C12H19N3O2/c1-9-2-3-14-12(11(9)6-13)15-4-5-17-8-10(15)7-16/h2-3,10,16H,4-8,13H2,1H3. The molecule has 1 aliphatic heterocycles. The molecule has 1 saturated heterocycles. The highest BCUT2D eigenvalue weighted by Crippen LogP contribution is 2.23. The normalized spacial score (nSPS) is 20.6. The van der Waals surface area contributed by atoms with Gasteiger partial charge in [-0.15, -0.1) is 0 Å². The molecule has 1 fully saturated rings. The second-order valence-corrected chi connectivity index (χ2v) is 4.24. The number of pyridine rings is 1. The first-order chi connectivity index (χ1) is 8.27. The third-order valence-corrected chi connectivity index (χ3v) is 3.18. The Morgan fingerprint density at radius 3 is 3.18 bits per heavy atom. The molecule has 1 aliphatic rings. The third kappa shape index (κ3) is 2.41. The van der Waals surface area contributed by atoms with Crippen molar-refractivity contribution in [3.63, 3.8) is 0 Å². The van der Waals surface area contributed by atoms with E-state index in [4.69, 9.17) is 10.5 Å². The van der Waals surface area contributed by atoms with Gasteiger partial charge in [-0.1, -0.05) is 0 Å². The number of ether oxygens (including phenoxy) is 1. The Bertz CT molecular complexity index is 384. The van der Waals surface area contributed by atoms with Crippen molar-refractivity contribution in [2.24, 2.45) is 5.73 Å². The summed E-state index contributed by atoms with van der Waals surface area (Å²) in [6, 6.07) is 1.93. The molecule has 0 aliphatic carbocycles. The molecule has 0 radical (unpaired) electrons. The van der Waals surface area contributed by atoms with Crippen LogP contribution in [0.2, 0.25) is 0 Å². The Balaban J connectivity index is 2.34. The molecule has 1 aromatic rings. The quantitative estimate of drug-likeness (QED) is 0.777. The average Bonchev–Trinajstić information content (AvgIpc) is 2.38. The summed E-state index contributed by atoms with van der Waals surface area (Å²) in [5, 5.41) is 9.37. The molecule has 2 rings (SSSR count). The van der Waals surface area contributed by atoms with Gasteiger partial charge in [-0.2, -0.15) is 0 Å². The van der Waals surface area contributed by atoms with E-state index < -0.39 is 0 Å². The van der Waals surface area contributed by atoms with Gasteiger partial charge in [0.2, 0.25) is 0 Å². The maximum atomic E-state index is 9.37. The summed E-state index contributed by atoms with van der Waals surface area (Å²) in [6.07, 6.45) is 1.79. The zero-order valence-electron chi connectivity index (χ0n) is 10.1. The van der Waals surface area contributed by atoms with Crippen LogP contribution in [-0.2, 0) is 11.3 Å². The van der Waals surface area contributed by atoms with Crippen LogP contribution in [0.15, 0.2) is 12.3 Å². The molecule has 0 saturated carbocycles. The zero-order chi connectivity index (χ0) is 12.3. The van der Waals surface area contributed by atoms with Crippen LogP contribution in [0.1, 0.15) is 11.1 Å². The Morgan fingerprint density at radius 2 is 2.47 bits per heavy atom. The highest BCUT2D eigenvalue weighted by molar-refractivity contribution is 5.51. The van der Waals surface area contributed by atoms with Crippen LogP contribution in [0.25, 0.3) is 0 Å². The third-order valence-electron chi connectivity index (χ3n) is 3.18. The molecule has 0 bridgehead atoms. The highest BCUT2D eigenvalue weighted by atomic mass is 16.5. The predicted octanol–water partition coefficient (Wildman–Crippen LogP) is 0.0462. The van der Waals surface area contributed by atoms with Crippen molar-refractivity contribution in [3.05, 3.63) is 23.4 Å². The van der Waals surface area contributed by atoms with Gasteiger partial charge in [0.1, 0.15) is 5.82 Å². The van der Waals surface area contributed by atoms with Gasteiger partial charge in [0, 0.05) is 24.8 Å². The molecule has 1 unspecified atom stereocenters. The summed E-state index contributed by atoms with van der Waals surface area (Å²) < 4.78 is 5.37. The minimum atomic E-state index is -0.0247. The fourth-order valence-electron chi connectivity index (χ4n) is 2.16. The van der Waals surface area contributed by atoms with E-state index in [9.17, 15) is 5.11 Å². The van der Waals surface area contributed by atoms with E-state index in [1.807, 2.05) is 13.0 Å². The minimum absolute atomic E-state index is 0.0247. The van der Waals surface area contributed by atoms with Gasteiger partial charge in [0.25, 0.3) is 0 Å². The van der Waals surface area contributed by atoms with Gasteiger partial charge in [0.15, 0.2) is 0 Å². The molecule has 5 nitrogen and oxygen atoms in total. The van der Waals surface area contributed by atoms with E-state index in [0.717, 1.165) is 23.5 Å². The van der Waals surface area contributed by atoms with Gasteiger partial charge < -0.3 is 20.5 Å². The summed E-state index contributed by atoms with van der Waals surface area (Å²) >= 11 is 0. The lowest BCUT2D eigenvalue weighted by Gasteiger charge is -2.36. The first kappa shape index (κ1) is 12.3. The average molecular weight is 237 g/mol. The van der Waals surface area contributed by atoms with Crippen molar-refractivity contribution in [2.45, 2.75) is 19.5 Å². The molecule has 0 spiro atoms. The summed E-state index contributed by atoms with van der Waals surface area (Å²) in [5.41, 5.74) is 7.97. The Labute approximate surface area is 101 Å². The van der Waals surface area contributed by atoms with Crippen LogP contribution < -0.4 is 10.6 Å². The number of nitrogens with two attached hydrogens (primary N) is 1. The molecular formula is C12H19N3O2. The van der Waals surface area contributed by atoms with Gasteiger partial charge in [-0.3, -0.25) is 0 Å². The van der Waals surface area contributed by atoms with E-state index in [1.165, 1.54) is 0 Å². The van der Waals surface area contributed by atoms with Crippen molar-refractivity contribution in [3.8, 4) is 0 Å². The number of aryl methyl sites for hydroxylation is 1. The molecule has 5 heteroatoms. The molecule has 94 valence electrons. The lowest BCUT2D eigenvalue weighted by molar-refractivity contribution is 0.0722. The predicted molar refractivity (Wildman–Crippen MR) is 65.9 cm³/mol. The number of aliphatic hydroxyl groups is 1. The maximum absolute atomic E-state index is 9.37. The van der Waals surface area contributed by atoms with Crippen LogP contribution in [0.4, 0.5) is 5.82 Å². The molecular weight excluding hydrogens is 218 g/mol. The largest absolute Gasteiger partial charge is 0.394 e. The van der Waals surface area contributed by atoms with Crippen LogP contribution in [0.3, 0.4) is 0 Å². The maximum Gasteiger partial charge on any atom is 0.133 e. The molecule has 2 heterocycles. The number of aromatic nitrogens is 1. The van der Waals surface area contributed by atoms with Gasteiger partial charge in [-0.05, 0) is 18.6 Å². The molecule has 3 N–H and O–H groups in total. The second kappa shape index (κ2) is 5.44. The van der Waals surface area contributed by atoms with Crippen LogP contribution >= 0.6 is 0 Å². The molecule has 0 aromatic carbocycles. The lowest BCUT2D eigenvalue weighted by atomic mass is 10.1. The SMILES string of the molecule is Cc1ccnc(N2CCOCC2CO)c1CN. The number of aliphatic hydroxyl groups excluding tert-OH is 1. The summed E-state index contributed by atoms with van der Waals surface area (Å²) in [6.45, 7) is 4.51. The fourth-order valence-corrected chi connectivity index (χ4v) is 2.16. The van der Waals surface area contributed by atoms with Crippen LogP contribution in [-0.4, -0.2) is 42.5 Å². The number of rotatable bonds is 3. The Hall–Kier alpha value is -1.17. The van der Waals surface area contributed by atoms with E-state index in [-0.39, 0.29) is 12.6 Å². The van der Waals surface area contributed by atoms with E-state index in [0.29, 0.717) is 19.8 Å². The van der Waals surface area contributed by atoms with Crippen molar-refractivity contribution in [1.29, 1.82) is 0 Å². The first-order valence-corrected chi connectivity index (χ1v) is 5.87. The number of nitrogens with zero attached hydrogens (tertiary/aromatic N) is 2. The summed E-state index contributed by atoms with van der Waals surface area (Å²) in [4.78, 5) is 6.51. The van der Waals surface area contributed by atoms with E-state index in [2.05, 4.69) is 9.88 Å². The first-order valence-electron chi connectivity index (χ1n) is 5.87. The second-order valence-electron chi connectivity index (χ2n) is 4.24. The molecule has 0 amide bonds. The summed E-state index contributed by atoms with van der Waals surface area (Å²) in [5.74, 6) is 0.884. The number of morpholine rings is 1. The van der Waals surface area contributed by atoms with Crippen molar-refractivity contribution < 1.29 is 9.84 Å². The summed E-state index contributed by atoms with van der Waals surface area (Å²) in [7, 11) is 0. The monoisotopic (exact) mass is 237 g/mol. The smallest absolute Gasteiger partial charge is 0.133 e. The highest BCUT2D eigenvalue weighted by Gasteiger charge is 2.25. The van der Waals surface area contributed by atoms with Crippen molar-refractivity contribution >= 4 is 5.82 Å². The molecule has 17 heavy (non-hydrogen) atoms. The van der Waals surface area contributed by atoms with Crippen LogP contribution in [0, 0.1) is 6.92 Å². The Morgan fingerprint density at radius 1 is 1.65 bits per heavy atom. The number of hydrogen-bond acceptors (Lipinski definition) is 5. The Kier molecular flexibility index (Phi) is 3.93. The number of anilines is 1.